The molecule has 1 atom stereocenters. The van der Waals surface area contributed by atoms with Crippen molar-refractivity contribution in [1.29, 1.82) is 5.41 Å². The molecule has 1 aliphatic rings. The zero-order valence-electron chi connectivity index (χ0n) is 8.19. The molecule has 1 rings (SSSR count). The van der Waals surface area contributed by atoms with Crippen molar-refractivity contribution < 1.29 is 0 Å². The van der Waals surface area contributed by atoms with Gasteiger partial charge in [0.15, 0.2) is 0 Å². The van der Waals surface area contributed by atoms with E-state index >= 15 is 0 Å². The second-order valence-electron chi connectivity index (χ2n) is 4.86. The number of hydrogen-bond donors (Lipinski definition) is 2. The van der Waals surface area contributed by atoms with Gasteiger partial charge in [0.2, 0.25) is 0 Å². The smallest absolute Gasteiger partial charge is 0.0908 e. The second kappa shape index (κ2) is 3.46. The molecular weight excluding hydrogens is 148 g/mol. The van der Waals surface area contributed by atoms with E-state index in [0.717, 1.165) is 6.42 Å². The molecule has 0 spiro atoms. The van der Waals surface area contributed by atoms with Crippen LogP contribution >= 0.6 is 0 Å². The first-order chi connectivity index (χ1) is 5.49. The van der Waals surface area contributed by atoms with Gasteiger partial charge < -0.3 is 5.73 Å². The third-order valence-electron chi connectivity index (χ3n) is 2.82. The molecule has 12 heavy (non-hydrogen) atoms. The minimum absolute atomic E-state index is 0.359. The molecule has 0 aromatic rings. The molecular formula is C10H20N2. The highest BCUT2D eigenvalue weighted by molar-refractivity contribution is 5.77. The van der Waals surface area contributed by atoms with E-state index in [2.05, 4.69) is 13.8 Å². The molecule has 1 saturated carbocycles. The molecule has 1 fully saturated rings. The lowest BCUT2D eigenvalue weighted by Crippen LogP contribution is -2.26. The van der Waals surface area contributed by atoms with E-state index in [9.17, 15) is 0 Å². The molecule has 0 radical (unpaired) electrons. The maximum Gasteiger partial charge on any atom is 0.0908 e. The molecule has 0 bridgehead atoms. The fraction of sp³-hybridized carbons (Fsp3) is 0.900. The summed E-state index contributed by atoms with van der Waals surface area (Å²) in [4.78, 5) is 0. The van der Waals surface area contributed by atoms with E-state index in [1.54, 1.807) is 0 Å². The highest BCUT2D eigenvalue weighted by Gasteiger charge is 2.27. The fourth-order valence-electron chi connectivity index (χ4n) is 2.34. The summed E-state index contributed by atoms with van der Waals surface area (Å²) in [5, 5.41) is 7.24. The van der Waals surface area contributed by atoms with Gasteiger partial charge in [0.05, 0.1) is 5.84 Å². The summed E-state index contributed by atoms with van der Waals surface area (Å²) < 4.78 is 0. The van der Waals surface area contributed by atoms with E-state index in [0.29, 0.717) is 17.2 Å². The predicted molar refractivity (Wildman–Crippen MR) is 52.3 cm³/mol. The van der Waals surface area contributed by atoms with Crippen molar-refractivity contribution in [3.05, 3.63) is 0 Å². The molecule has 2 nitrogen and oxygen atoms in total. The first-order valence-corrected chi connectivity index (χ1v) is 4.82. The maximum absolute atomic E-state index is 7.24. The molecule has 1 aliphatic carbocycles. The van der Waals surface area contributed by atoms with Crippen molar-refractivity contribution >= 4 is 5.84 Å². The van der Waals surface area contributed by atoms with Gasteiger partial charge in [0.25, 0.3) is 0 Å². The Labute approximate surface area is 75.0 Å². The summed E-state index contributed by atoms with van der Waals surface area (Å²) in [7, 11) is 0. The van der Waals surface area contributed by atoms with Gasteiger partial charge in [0, 0.05) is 6.42 Å². The van der Waals surface area contributed by atoms with Gasteiger partial charge in [0.1, 0.15) is 0 Å². The summed E-state index contributed by atoms with van der Waals surface area (Å²) in [6.07, 6.45) is 5.96. The van der Waals surface area contributed by atoms with Gasteiger partial charge >= 0.3 is 0 Å². The lowest BCUT2D eigenvalue weighted by molar-refractivity contribution is 0.184. The van der Waals surface area contributed by atoms with Crippen molar-refractivity contribution in [3.63, 3.8) is 0 Å². The standard InChI is InChI=1S/C10H20N2/c1-10(2)5-3-4-8(7-10)6-9(11)12/h8H,3-7H2,1-2H3,(H3,11,12). The Morgan fingerprint density at radius 1 is 1.58 bits per heavy atom. The summed E-state index contributed by atoms with van der Waals surface area (Å²) >= 11 is 0. The molecule has 0 saturated heterocycles. The van der Waals surface area contributed by atoms with Crippen LogP contribution in [0, 0.1) is 16.7 Å². The Hall–Kier alpha value is -0.530. The van der Waals surface area contributed by atoms with Crippen LogP contribution in [0.4, 0.5) is 0 Å². The van der Waals surface area contributed by atoms with Crippen molar-refractivity contribution in [2.45, 2.75) is 46.0 Å². The summed E-state index contributed by atoms with van der Waals surface area (Å²) in [6, 6.07) is 0. The zero-order chi connectivity index (χ0) is 9.19. The molecule has 0 amide bonds. The van der Waals surface area contributed by atoms with Crippen molar-refractivity contribution in [3.8, 4) is 0 Å². The molecule has 3 N–H and O–H groups in total. The minimum atomic E-state index is 0.359. The Balaban J connectivity index is 2.41. The third-order valence-corrected chi connectivity index (χ3v) is 2.82. The van der Waals surface area contributed by atoms with E-state index in [1.807, 2.05) is 0 Å². The Morgan fingerprint density at radius 3 is 2.75 bits per heavy atom. The molecule has 1 unspecified atom stereocenters. The van der Waals surface area contributed by atoms with Gasteiger partial charge in [-0.1, -0.05) is 20.3 Å². The number of amidine groups is 1. The molecule has 70 valence electrons. The Morgan fingerprint density at radius 2 is 2.25 bits per heavy atom. The third kappa shape index (κ3) is 2.84. The Bertz CT molecular complexity index is 173. The van der Waals surface area contributed by atoms with E-state index in [1.165, 1.54) is 25.7 Å². The summed E-state index contributed by atoms with van der Waals surface area (Å²) in [5.41, 5.74) is 5.88. The number of nitrogens with two attached hydrogens (primary N) is 1. The highest BCUT2D eigenvalue weighted by Crippen LogP contribution is 2.39. The van der Waals surface area contributed by atoms with Gasteiger partial charge in [-0.15, -0.1) is 0 Å². The van der Waals surface area contributed by atoms with Crippen LogP contribution in [-0.2, 0) is 0 Å². The number of hydrogen-bond acceptors (Lipinski definition) is 1. The predicted octanol–water partition coefficient (Wildman–Crippen LogP) is 2.53. The topological polar surface area (TPSA) is 49.9 Å². The zero-order valence-corrected chi connectivity index (χ0v) is 8.19. The largest absolute Gasteiger partial charge is 0.388 e. The molecule has 2 heteroatoms. The average Bonchev–Trinajstić information content (AvgIpc) is 1.82. The van der Waals surface area contributed by atoms with Crippen LogP contribution in [0.3, 0.4) is 0 Å². The lowest BCUT2D eigenvalue weighted by atomic mass is 9.71. The fourth-order valence-corrected chi connectivity index (χ4v) is 2.34. The number of rotatable bonds is 2. The van der Waals surface area contributed by atoms with Crippen LogP contribution in [0.25, 0.3) is 0 Å². The normalized spacial score (nSPS) is 28.3. The van der Waals surface area contributed by atoms with Crippen LogP contribution in [0.5, 0.6) is 0 Å². The van der Waals surface area contributed by atoms with Crippen LogP contribution in [0.2, 0.25) is 0 Å². The monoisotopic (exact) mass is 168 g/mol. The van der Waals surface area contributed by atoms with E-state index < -0.39 is 0 Å². The first-order valence-electron chi connectivity index (χ1n) is 4.82. The van der Waals surface area contributed by atoms with Crippen LogP contribution in [0.1, 0.15) is 46.0 Å². The Kier molecular flexibility index (Phi) is 2.76. The summed E-state index contributed by atoms with van der Waals surface area (Å²) in [5.74, 6) is 1.03. The van der Waals surface area contributed by atoms with Crippen LogP contribution in [-0.4, -0.2) is 5.84 Å². The molecule has 0 heterocycles. The van der Waals surface area contributed by atoms with Gasteiger partial charge in [-0.2, -0.15) is 0 Å². The quantitative estimate of drug-likeness (QED) is 0.483. The van der Waals surface area contributed by atoms with Gasteiger partial charge in [-0.25, -0.2) is 0 Å². The van der Waals surface area contributed by atoms with Crippen LogP contribution in [0.15, 0.2) is 0 Å². The van der Waals surface area contributed by atoms with Crippen molar-refractivity contribution in [2.75, 3.05) is 0 Å². The SMILES string of the molecule is CC1(C)CCCC(CC(=N)N)C1. The summed E-state index contributed by atoms with van der Waals surface area (Å²) in [6.45, 7) is 4.64. The van der Waals surface area contributed by atoms with Gasteiger partial charge in [-0.05, 0) is 30.6 Å². The van der Waals surface area contributed by atoms with Crippen LogP contribution < -0.4 is 5.73 Å². The van der Waals surface area contributed by atoms with E-state index in [-0.39, 0.29) is 0 Å². The van der Waals surface area contributed by atoms with Crippen molar-refractivity contribution in [1.82, 2.24) is 0 Å². The second-order valence-corrected chi connectivity index (χ2v) is 4.86. The average molecular weight is 168 g/mol. The molecule has 0 aliphatic heterocycles. The van der Waals surface area contributed by atoms with Gasteiger partial charge in [-0.3, -0.25) is 5.41 Å². The maximum atomic E-state index is 7.24. The lowest BCUT2D eigenvalue weighted by Gasteiger charge is -2.35. The van der Waals surface area contributed by atoms with E-state index in [4.69, 9.17) is 11.1 Å². The minimum Gasteiger partial charge on any atom is -0.388 e. The van der Waals surface area contributed by atoms with Crippen molar-refractivity contribution in [2.24, 2.45) is 17.1 Å². The number of nitrogens with one attached hydrogen (secondary N) is 1. The first kappa shape index (κ1) is 9.56. The molecule has 0 aromatic carbocycles. The molecule has 0 aromatic heterocycles. The highest BCUT2D eigenvalue weighted by atomic mass is 14.7.